The van der Waals surface area contributed by atoms with Gasteiger partial charge in [0.15, 0.2) is 0 Å². The molecular weight excluding hydrogens is 319 g/mol. The second-order valence-electron chi connectivity index (χ2n) is 6.51. The minimum atomic E-state index is -0.264. The van der Waals surface area contributed by atoms with Crippen LogP contribution >= 0.6 is 0 Å². The van der Waals surface area contributed by atoms with Crippen molar-refractivity contribution < 1.29 is 13.9 Å². The van der Waals surface area contributed by atoms with Crippen molar-refractivity contribution in [2.45, 2.75) is 44.8 Å². The monoisotopic (exact) mass is 342 g/mol. The van der Waals surface area contributed by atoms with Gasteiger partial charge in [0.05, 0.1) is 6.10 Å². The van der Waals surface area contributed by atoms with E-state index in [1.165, 1.54) is 12.1 Å². The number of amides is 2. The standard InChI is InChI=1S/C20H23FN2O2/c1-14-2-6-16(7-3-14)22-20(24)23-17-8-12-19(13-9-17)25-18-10-4-15(21)5-11-18/h2-7,10-11,17,19H,8-9,12-13H2,1H3,(H2,22,23,24)/t17-,19+. The van der Waals surface area contributed by atoms with E-state index in [4.69, 9.17) is 4.74 Å². The lowest BCUT2D eigenvalue weighted by molar-refractivity contribution is 0.141. The van der Waals surface area contributed by atoms with Gasteiger partial charge in [-0.2, -0.15) is 0 Å². The Morgan fingerprint density at radius 2 is 1.64 bits per heavy atom. The number of ether oxygens (including phenoxy) is 1. The molecule has 1 aliphatic rings. The fourth-order valence-corrected chi connectivity index (χ4v) is 3.02. The zero-order valence-electron chi connectivity index (χ0n) is 14.3. The Morgan fingerprint density at radius 3 is 2.28 bits per heavy atom. The average Bonchev–Trinajstić information content (AvgIpc) is 2.61. The number of hydrogen-bond acceptors (Lipinski definition) is 2. The summed E-state index contributed by atoms with van der Waals surface area (Å²) in [5.41, 5.74) is 1.95. The van der Waals surface area contributed by atoms with E-state index in [1.807, 2.05) is 31.2 Å². The molecule has 0 saturated heterocycles. The molecule has 3 rings (SSSR count). The highest BCUT2D eigenvalue weighted by molar-refractivity contribution is 5.89. The number of halogens is 1. The number of aryl methyl sites for hydroxylation is 1. The van der Waals surface area contributed by atoms with Crippen LogP contribution in [0.4, 0.5) is 14.9 Å². The van der Waals surface area contributed by atoms with Gasteiger partial charge < -0.3 is 15.4 Å². The van der Waals surface area contributed by atoms with Gasteiger partial charge in [-0.15, -0.1) is 0 Å². The molecule has 0 bridgehead atoms. The van der Waals surface area contributed by atoms with Crippen molar-refractivity contribution >= 4 is 11.7 Å². The first-order chi connectivity index (χ1) is 12.1. The Balaban J connectivity index is 1.42. The summed E-state index contributed by atoms with van der Waals surface area (Å²) >= 11 is 0. The lowest BCUT2D eigenvalue weighted by atomic mass is 9.93. The van der Waals surface area contributed by atoms with Gasteiger partial charge in [-0.05, 0) is 69.0 Å². The molecule has 1 saturated carbocycles. The Labute approximate surface area is 147 Å². The molecule has 0 atom stereocenters. The molecule has 2 amide bonds. The van der Waals surface area contributed by atoms with Crippen LogP contribution in [-0.4, -0.2) is 18.2 Å². The Hall–Kier alpha value is -2.56. The molecule has 4 nitrogen and oxygen atoms in total. The molecule has 1 aliphatic carbocycles. The fourth-order valence-electron chi connectivity index (χ4n) is 3.02. The number of rotatable bonds is 4. The molecule has 2 aromatic rings. The molecule has 1 fully saturated rings. The van der Waals surface area contributed by atoms with Gasteiger partial charge in [-0.1, -0.05) is 17.7 Å². The lowest BCUT2D eigenvalue weighted by Gasteiger charge is -2.29. The number of anilines is 1. The number of urea groups is 1. The van der Waals surface area contributed by atoms with E-state index in [-0.39, 0.29) is 24.0 Å². The molecule has 0 radical (unpaired) electrons. The van der Waals surface area contributed by atoms with Crippen LogP contribution < -0.4 is 15.4 Å². The van der Waals surface area contributed by atoms with Crippen molar-refractivity contribution in [2.24, 2.45) is 0 Å². The second-order valence-corrected chi connectivity index (χ2v) is 6.51. The number of carbonyl (C=O) groups excluding carboxylic acids is 1. The summed E-state index contributed by atoms with van der Waals surface area (Å²) in [5.74, 6) is 0.426. The molecule has 0 unspecified atom stereocenters. The van der Waals surface area contributed by atoms with E-state index in [2.05, 4.69) is 10.6 Å². The Morgan fingerprint density at radius 1 is 1.00 bits per heavy atom. The predicted octanol–water partition coefficient (Wildman–Crippen LogP) is 4.65. The minimum Gasteiger partial charge on any atom is -0.490 e. The zero-order chi connectivity index (χ0) is 17.6. The molecule has 25 heavy (non-hydrogen) atoms. The number of nitrogens with one attached hydrogen (secondary N) is 2. The zero-order valence-corrected chi connectivity index (χ0v) is 14.3. The summed E-state index contributed by atoms with van der Waals surface area (Å²) < 4.78 is 18.8. The van der Waals surface area contributed by atoms with Crippen molar-refractivity contribution in [3.05, 3.63) is 59.9 Å². The summed E-state index contributed by atoms with van der Waals surface area (Å²) in [6, 6.07) is 13.8. The highest BCUT2D eigenvalue weighted by Crippen LogP contribution is 2.24. The molecule has 0 aliphatic heterocycles. The van der Waals surface area contributed by atoms with E-state index in [0.29, 0.717) is 5.75 Å². The largest absolute Gasteiger partial charge is 0.490 e. The highest BCUT2D eigenvalue weighted by atomic mass is 19.1. The number of carbonyl (C=O) groups is 1. The third kappa shape index (κ3) is 5.21. The maximum atomic E-state index is 12.9. The molecule has 0 spiro atoms. The van der Waals surface area contributed by atoms with E-state index in [1.54, 1.807) is 12.1 Å². The van der Waals surface area contributed by atoms with E-state index in [0.717, 1.165) is 36.9 Å². The molecule has 2 N–H and O–H groups in total. The smallest absolute Gasteiger partial charge is 0.319 e. The van der Waals surface area contributed by atoms with Crippen LogP contribution in [-0.2, 0) is 0 Å². The molecule has 0 aromatic heterocycles. The minimum absolute atomic E-state index is 0.115. The van der Waals surface area contributed by atoms with Gasteiger partial charge in [-0.25, -0.2) is 9.18 Å². The van der Waals surface area contributed by atoms with E-state index >= 15 is 0 Å². The van der Waals surface area contributed by atoms with E-state index in [9.17, 15) is 9.18 Å². The average molecular weight is 342 g/mol. The van der Waals surface area contributed by atoms with Crippen LogP contribution in [0.1, 0.15) is 31.2 Å². The van der Waals surface area contributed by atoms with Gasteiger partial charge in [0.1, 0.15) is 11.6 Å². The van der Waals surface area contributed by atoms with Crippen LogP contribution in [0, 0.1) is 12.7 Å². The fraction of sp³-hybridized carbons (Fsp3) is 0.350. The van der Waals surface area contributed by atoms with Crippen LogP contribution in [0.5, 0.6) is 5.75 Å². The molecular formula is C20H23FN2O2. The third-order valence-corrected chi connectivity index (χ3v) is 4.44. The van der Waals surface area contributed by atoms with Crippen LogP contribution in [0.2, 0.25) is 0 Å². The summed E-state index contributed by atoms with van der Waals surface area (Å²) in [6.07, 6.45) is 3.59. The first-order valence-electron chi connectivity index (χ1n) is 8.65. The van der Waals surface area contributed by atoms with Crippen LogP contribution in [0.3, 0.4) is 0 Å². The van der Waals surface area contributed by atoms with Gasteiger partial charge in [0, 0.05) is 11.7 Å². The van der Waals surface area contributed by atoms with Crippen molar-refractivity contribution in [1.82, 2.24) is 5.32 Å². The van der Waals surface area contributed by atoms with Gasteiger partial charge in [0.25, 0.3) is 0 Å². The van der Waals surface area contributed by atoms with Crippen molar-refractivity contribution in [3.63, 3.8) is 0 Å². The van der Waals surface area contributed by atoms with Crippen molar-refractivity contribution in [3.8, 4) is 5.75 Å². The molecule has 2 aromatic carbocycles. The van der Waals surface area contributed by atoms with E-state index < -0.39 is 0 Å². The van der Waals surface area contributed by atoms with Crippen molar-refractivity contribution in [1.29, 1.82) is 0 Å². The van der Waals surface area contributed by atoms with Crippen LogP contribution in [0.15, 0.2) is 48.5 Å². The third-order valence-electron chi connectivity index (χ3n) is 4.44. The summed E-state index contributed by atoms with van der Waals surface area (Å²) in [7, 11) is 0. The predicted molar refractivity (Wildman–Crippen MR) is 96.4 cm³/mol. The summed E-state index contributed by atoms with van der Waals surface area (Å²) in [6.45, 7) is 2.01. The number of hydrogen-bond donors (Lipinski definition) is 2. The highest BCUT2D eigenvalue weighted by Gasteiger charge is 2.23. The maximum absolute atomic E-state index is 12.9. The first-order valence-corrected chi connectivity index (χ1v) is 8.65. The number of benzene rings is 2. The topological polar surface area (TPSA) is 50.4 Å². The maximum Gasteiger partial charge on any atom is 0.319 e. The quantitative estimate of drug-likeness (QED) is 0.850. The molecule has 132 valence electrons. The SMILES string of the molecule is Cc1ccc(NC(=O)N[C@H]2CC[C@@H](Oc3ccc(F)cc3)CC2)cc1. The Bertz CT molecular complexity index is 693. The normalized spacial score (nSPS) is 19.9. The molecule has 0 heterocycles. The van der Waals surface area contributed by atoms with Gasteiger partial charge in [-0.3, -0.25) is 0 Å². The first kappa shape index (κ1) is 17.3. The van der Waals surface area contributed by atoms with Crippen molar-refractivity contribution in [2.75, 3.05) is 5.32 Å². The van der Waals surface area contributed by atoms with Gasteiger partial charge >= 0.3 is 6.03 Å². The lowest BCUT2D eigenvalue weighted by Crippen LogP contribution is -2.41. The van der Waals surface area contributed by atoms with Gasteiger partial charge in [0.2, 0.25) is 0 Å². The van der Waals surface area contributed by atoms with Crippen LogP contribution in [0.25, 0.3) is 0 Å². The summed E-state index contributed by atoms with van der Waals surface area (Å²) in [5, 5.41) is 5.87. The molecule has 5 heteroatoms. The summed E-state index contributed by atoms with van der Waals surface area (Å²) in [4.78, 5) is 12.1. The second kappa shape index (κ2) is 8.01. The Kier molecular flexibility index (Phi) is 5.53.